The van der Waals surface area contributed by atoms with Crippen LogP contribution >= 0.6 is 15.9 Å². The summed E-state index contributed by atoms with van der Waals surface area (Å²) in [5.74, 6) is 0.702. The Morgan fingerprint density at radius 2 is 2.26 bits per heavy atom. The molecule has 0 saturated carbocycles. The molecule has 2 saturated heterocycles. The molecule has 1 amide bonds. The monoisotopic (exact) mass is 324 g/mol. The largest absolute Gasteiger partial charge is 0.507 e. The fourth-order valence-electron chi connectivity index (χ4n) is 3.31. The first kappa shape index (κ1) is 12.9. The predicted molar refractivity (Wildman–Crippen MR) is 76.2 cm³/mol. The number of hydrogen-bond acceptors (Lipinski definition) is 3. The maximum Gasteiger partial charge on any atom is 0.254 e. The second-order valence-corrected chi connectivity index (χ2v) is 6.30. The number of hydrogen-bond donors (Lipinski definition) is 2. The van der Waals surface area contributed by atoms with Crippen LogP contribution in [0.4, 0.5) is 0 Å². The number of halogens is 1. The van der Waals surface area contributed by atoms with Gasteiger partial charge in [0, 0.05) is 30.7 Å². The van der Waals surface area contributed by atoms with E-state index in [0.717, 1.165) is 19.5 Å². The van der Waals surface area contributed by atoms with Crippen molar-refractivity contribution in [2.75, 3.05) is 13.1 Å². The first-order valence-electron chi connectivity index (χ1n) is 6.60. The highest BCUT2D eigenvalue weighted by Crippen LogP contribution is 2.34. The van der Waals surface area contributed by atoms with E-state index in [2.05, 4.69) is 28.2 Å². The van der Waals surface area contributed by atoms with Crippen molar-refractivity contribution in [3.63, 3.8) is 0 Å². The van der Waals surface area contributed by atoms with E-state index < -0.39 is 0 Å². The Morgan fingerprint density at radius 3 is 3.00 bits per heavy atom. The van der Waals surface area contributed by atoms with E-state index in [1.165, 1.54) is 6.07 Å². The number of nitrogens with zero attached hydrogens (tertiary/aromatic N) is 1. The highest BCUT2D eigenvalue weighted by molar-refractivity contribution is 9.10. The van der Waals surface area contributed by atoms with Gasteiger partial charge < -0.3 is 15.3 Å². The Morgan fingerprint density at radius 1 is 1.47 bits per heavy atom. The summed E-state index contributed by atoms with van der Waals surface area (Å²) in [5.41, 5.74) is 0.556. The van der Waals surface area contributed by atoms with Crippen LogP contribution in [0, 0.1) is 5.92 Å². The van der Waals surface area contributed by atoms with Gasteiger partial charge in [-0.2, -0.15) is 0 Å². The molecular weight excluding hydrogens is 308 g/mol. The van der Waals surface area contributed by atoms with Crippen LogP contribution in [0.3, 0.4) is 0 Å². The summed E-state index contributed by atoms with van der Waals surface area (Å²) < 4.78 is 0.610. The summed E-state index contributed by atoms with van der Waals surface area (Å²) in [6, 6.07) is 5.58. The summed E-state index contributed by atoms with van der Waals surface area (Å²) in [7, 11) is 0. The van der Waals surface area contributed by atoms with Gasteiger partial charge in [-0.15, -0.1) is 0 Å². The van der Waals surface area contributed by atoms with Gasteiger partial charge in [-0.25, -0.2) is 0 Å². The van der Waals surface area contributed by atoms with Gasteiger partial charge in [0.1, 0.15) is 5.75 Å². The topological polar surface area (TPSA) is 52.6 Å². The molecule has 1 aromatic rings. The fraction of sp³-hybridized carbons (Fsp3) is 0.500. The molecule has 102 valence electrons. The molecule has 3 unspecified atom stereocenters. The molecule has 2 aliphatic heterocycles. The molecule has 0 aliphatic carbocycles. The SMILES string of the molecule is CC1CC2CNCC2N1C(=O)c1ccc(Br)c(O)c1. The van der Waals surface area contributed by atoms with E-state index in [-0.39, 0.29) is 17.7 Å². The lowest BCUT2D eigenvalue weighted by molar-refractivity contribution is 0.0681. The molecule has 19 heavy (non-hydrogen) atoms. The number of aromatic hydroxyl groups is 1. The molecule has 2 fully saturated rings. The Kier molecular flexibility index (Phi) is 3.27. The number of phenols is 1. The van der Waals surface area contributed by atoms with Crippen molar-refractivity contribution in [2.24, 2.45) is 5.92 Å². The van der Waals surface area contributed by atoms with Crippen molar-refractivity contribution in [1.82, 2.24) is 10.2 Å². The van der Waals surface area contributed by atoms with Crippen LogP contribution in [0.1, 0.15) is 23.7 Å². The third kappa shape index (κ3) is 2.15. The number of nitrogens with one attached hydrogen (secondary N) is 1. The Balaban J connectivity index is 1.88. The molecule has 0 aromatic heterocycles. The van der Waals surface area contributed by atoms with E-state index in [0.29, 0.717) is 22.0 Å². The molecule has 4 nitrogen and oxygen atoms in total. The number of carbonyl (C=O) groups excluding carboxylic acids is 1. The van der Waals surface area contributed by atoms with Gasteiger partial charge in [0.25, 0.3) is 5.91 Å². The Hall–Kier alpha value is -1.07. The van der Waals surface area contributed by atoms with E-state index in [1.807, 2.05) is 4.90 Å². The first-order chi connectivity index (χ1) is 9.08. The molecule has 3 rings (SSSR count). The predicted octanol–water partition coefficient (Wildman–Crippen LogP) is 1.98. The van der Waals surface area contributed by atoms with Gasteiger partial charge in [-0.05, 0) is 53.4 Å². The second-order valence-electron chi connectivity index (χ2n) is 5.45. The van der Waals surface area contributed by atoms with Crippen LogP contribution in [0.2, 0.25) is 0 Å². The number of fused-ring (bicyclic) bond motifs is 1. The lowest BCUT2D eigenvalue weighted by atomic mass is 10.0. The average Bonchev–Trinajstić information content (AvgIpc) is 2.91. The number of rotatable bonds is 1. The summed E-state index contributed by atoms with van der Waals surface area (Å²) in [5, 5.41) is 13.1. The summed E-state index contributed by atoms with van der Waals surface area (Å²) in [6.07, 6.45) is 1.06. The third-order valence-corrected chi connectivity index (χ3v) is 4.88. The highest BCUT2D eigenvalue weighted by atomic mass is 79.9. The Labute approximate surface area is 120 Å². The normalized spacial score (nSPS) is 29.6. The molecule has 0 bridgehead atoms. The van der Waals surface area contributed by atoms with Gasteiger partial charge in [-0.1, -0.05) is 0 Å². The van der Waals surface area contributed by atoms with Crippen molar-refractivity contribution in [1.29, 1.82) is 0 Å². The minimum atomic E-state index is 0.0199. The number of carbonyl (C=O) groups is 1. The van der Waals surface area contributed by atoms with Crippen molar-refractivity contribution < 1.29 is 9.90 Å². The quantitative estimate of drug-likeness (QED) is 0.830. The summed E-state index contributed by atoms with van der Waals surface area (Å²) in [4.78, 5) is 14.6. The van der Waals surface area contributed by atoms with Crippen LogP contribution in [0.15, 0.2) is 22.7 Å². The Bertz CT molecular complexity index is 520. The van der Waals surface area contributed by atoms with Gasteiger partial charge in [0.15, 0.2) is 0 Å². The fourth-order valence-corrected chi connectivity index (χ4v) is 3.56. The number of amides is 1. The molecule has 2 N–H and O–H groups in total. The maximum absolute atomic E-state index is 12.6. The first-order valence-corrected chi connectivity index (χ1v) is 7.39. The molecule has 1 aromatic carbocycles. The van der Waals surface area contributed by atoms with E-state index >= 15 is 0 Å². The van der Waals surface area contributed by atoms with Gasteiger partial charge in [0.05, 0.1) is 4.47 Å². The van der Waals surface area contributed by atoms with Crippen LogP contribution in [0.5, 0.6) is 5.75 Å². The van der Waals surface area contributed by atoms with Crippen molar-refractivity contribution >= 4 is 21.8 Å². The summed E-state index contributed by atoms with van der Waals surface area (Å²) in [6.45, 7) is 3.99. The lowest BCUT2D eigenvalue weighted by Crippen LogP contribution is -2.42. The molecule has 2 aliphatic rings. The van der Waals surface area contributed by atoms with Crippen LogP contribution in [-0.2, 0) is 0 Å². The molecule has 2 heterocycles. The molecular formula is C14H17BrN2O2. The van der Waals surface area contributed by atoms with E-state index in [1.54, 1.807) is 12.1 Å². The van der Waals surface area contributed by atoms with Crippen molar-refractivity contribution in [3.05, 3.63) is 28.2 Å². The number of phenolic OH excluding ortho intramolecular Hbond substituents is 1. The maximum atomic E-state index is 12.6. The number of benzene rings is 1. The minimum Gasteiger partial charge on any atom is -0.507 e. The molecule has 3 atom stereocenters. The van der Waals surface area contributed by atoms with Crippen LogP contribution in [0.25, 0.3) is 0 Å². The van der Waals surface area contributed by atoms with E-state index in [9.17, 15) is 9.90 Å². The lowest BCUT2D eigenvalue weighted by Gasteiger charge is -2.27. The van der Waals surface area contributed by atoms with E-state index in [4.69, 9.17) is 0 Å². The number of likely N-dealkylation sites (tertiary alicyclic amines) is 1. The standard InChI is InChI=1S/C14H17BrN2O2/c1-8-4-10-6-16-7-12(10)17(8)14(19)9-2-3-11(15)13(18)5-9/h2-3,5,8,10,12,16,18H,4,6-7H2,1H3. The van der Waals surface area contributed by atoms with Gasteiger partial charge in [-0.3, -0.25) is 4.79 Å². The zero-order valence-corrected chi connectivity index (χ0v) is 12.4. The smallest absolute Gasteiger partial charge is 0.254 e. The molecule has 5 heteroatoms. The zero-order valence-electron chi connectivity index (χ0n) is 10.8. The van der Waals surface area contributed by atoms with Crippen LogP contribution in [-0.4, -0.2) is 41.1 Å². The third-order valence-electron chi connectivity index (χ3n) is 4.21. The zero-order chi connectivity index (χ0) is 13.6. The van der Waals surface area contributed by atoms with Crippen molar-refractivity contribution in [3.8, 4) is 5.75 Å². The van der Waals surface area contributed by atoms with Crippen LogP contribution < -0.4 is 5.32 Å². The van der Waals surface area contributed by atoms with Gasteiger partial charge in [0.2, 0.25) is 0 Å². The molecule has 0 radical (unpaired) electrons. The van der Waals surface area contributed by atoms with Crippen molar-refractivity contribution in [2.45, 2.75) is 25.4 Å². The second kappa shape index (κ2) is 4.80. The minimum absolute atomic E-state index is 0.0199. The summed E-state index contributed by atoms with van der Waals surface area (Å²) >= 11 is 3.23. The average molecular weight is 325 g/mol. The highest BCUT2D eigenvalue weighted by Gasteiger charge is 2.44. The van der Waals surface area contributed by atoms with Gasteiger partial charge >= 0.3 is 0 Å². The molecule has 0 spiro atoms.